The number of ether oxygens (including phenoxy) is 3. The van der Waals surface area contributed by atoms with Gasteiger partial charge in [-0.1, -0.05) is 13.0 Å². The van der Waals surface area contributed by atoms with E-state index in [0.717, 1.165) is 44.9 Å². The van der Waals surface area contributed by atoms with Crippen LogP contribution in [-0.2, 0) is 30.3 Å². The lowest BCUT2D eigenvalue weighted by molar-refractivity contribution is -0.214. The van der Waals surface area contributed by atoms with Gasteiger partial charge >= 0.3 is 17.9 Å². The minimum Gasteiger partial charge on any atom is -0.458 e. The maximum Gasteiger partial charge on any atom is 0.308 e. The summed E-state index contributed by atoms with van der Waals surface area (Å²) in [4.78, 5) is 35.8. The molecule has 1 aliphatic heterocycles. The summed E-state index contributed by atoms with van der Waals surface area (Å²) in [6.45, 7) is 5.14. The molecule has 0 bridgehead atoms. The molecular formula is C26H32O6. The predicted octanol–water partition coefficient (Wildman–Crippen LogP) is 4.48. The molecule has 0 amide bonds. The van der Waals surface area contributed by atoms with E-state index in [2.05, 4.69) is 13.0 Å². The van der Waals surface area contributed by atoms with Crippen molar-refractivity contribution in [2.24, 2.45) is 17.3 Å². The average Bonchev–Trinajstić information content (AvgIpc) is 2.94. The Bertz CT molecular complexity index is 969. The smallest absolute Gasteiger partial charge is 0.308 e. The lowest BCUT2D eigenvalue weighted by atomic mass is 9.52. The third-order valence-corrected chi connectivity index (χ3v) is 8.84. The first-order valence-electron chi connectivity index (χ1n) is 11.9. The molecule has 2 saturated carbocycles. The van der Waals surface area contributed by atoms with Crippen molar-refractivity contribution in [3.63, 3.8) is 0 Å². The van der Waals surface area contributed by atoms with Crippen LogP contribution >= 0.6 is 0 Å². The fraction of sp³-hybridized carbons (Fsp3) is 0.654. The predicted molar refractivity (Wildman–Crippen MR) is 116 cm³/mol. The van der Waals surface area contributed by atoms with Crippen LogP contribution in [0, 0.1) is 17.3 Å². The van der Waals surface area contributed by atoms with E-state index in [1.54, 1.807) is 0 Å². The van der Waals surface area contributed by atoms with Crippen LogP contribution in [0.15, 0.2) is 18.2 Å². The van der Waals surface area contributed by atoms with Gasteiger partial charge in [-0.3, -0.25) is 14.4 Å². The van der Waals surface area contributed by atoms with Gasteiger partial charge in [-0.05, 0) is 86.0 Å². The van der Waals surface area contributed by atoms with Crippen molar-refractivity contribution in [1.29, 1.82) is 0 Å². The second kappa shape index (κ2) is 7.60. The van der Waals surface area contributed by atoms with Gasteiger partial charge in [0.1, 0.15) is 11.9 Å². The minimum atomic E-state index is -0.705. The summed E-state index contributed by atoms with van der Waals surface area (Å²) in [7, 11) is 0. The molecule has 6 atom stereocenters. The van der Waals surface area contributed by atoms with Crippen molar-refractivity contribution >= 4 is 17.9 Å². The molecule has 0 N–H and O–H groups in total. The Morgan fingerprint density at radius 1 is 1.09 bits per heavy atom. The highest BCUT2D eigenvalue weighted by Crippen LogP contribution is 2.67. The molecule has 0 aromatic heterocycles. The molecule has 32 heavy (non-hydrogen) atoms. The summed E-state index contributed by atoms with van der Waals surface area (Å²) < 4.78 is 17.3. The molecule has 3 fully saturated rings. The molecule has 172 valence electrons. The van der Waals surface area contributed by atoms with E-state index in [4.69, 9.17) is 14.2 Å². The van der Waals surface area contributed by atoms with Gasteiger partial charge in [0.15, 0.2) is 5.60 Å². The van der Waals surface area contributed by atoms with Gasteiger partial charge in [-0.2, -0.15) is 0 Å². The summed E-state index contributed by atoms with van der Waals surface area (Å²) in [6.07, 6.45) is 6.31. The molecule has 6 heteroatoms. The fourth-order valence-corrected chi connectivity index (χ4v) is 7.63. The van der Waals surface area contributed by atoms with Crippen molar-refractivity contribution in [3.05, 3.63) is 29.3 Å². The number of benzene rings is 1. The number of esters is 3. The van der Waals surface area contributed by atoms with Crippen LogP contribution in [0.5, 0.6) is 5.75 Å². The molecule has 3 aliphatic carbocycles. The van der Waals surface area contributed by atoms with E-state index in [1.807, 2.05) is 12.1 Å². The molecule has 1 saturated heterocycles. The summed E-state index contributed by atoms with van der Waals surface area (Å²) in [6, 6.07) is 6.04. The first-order chi connectivity index (χ1) is 15.2. The Morgan fingerprint density at radius 3 is 2.62 bits per heavy atom. The van der Waals surface area contributed by atoms with Gasteiger partial charge in [0.05, 0.1) is 0 Å². The Labute approximate surface area is 189 Å². The van der Waals surface area contributed by atoms with Crippen molar-refractivity contribution < 1.29 is 28.6 Å². The molecule has 1 aromatic carbocycles. The normalized spacial score (nSPS) is 37.7. The first-order valence-corrected chi connectivity index (χ1v) is 11.9. The standard InChI is InChI=1S/C26H32O6/c1-15(27)30-18-7-9-19-17(13-18)6-8-21-20(19)10-12-25(3)22(21)14-23(31-16(2)28)26(25)11-4-5-24(29)32-26/h7,9,13,20-23H,4-6,8,10-12,14H2,1-3H3/t20-,21-,22+,23-,25+,26+/m1/s1. The molecule has 1 aromatic rings. The molecule has 0 unspecified atom stereocenters. The third-order valence-electron chi connectivity index (χ3n) is 8.84. The van der Waals surface area contributed by atoms with Crippen LogP contribution in [-0.4, -0.2) is 29.6 Å². The number of aryl methyl sites for hydroxylation is 1. The van der Waals surface area contributed by atoms with Crippen molar-refractivity contribution in [2.75, 3.05) is 0 Å². The monoisotopic (exact) mass is 440 g/mol. The quantitative estimate of drug-likeness (QED) is 0.499. The van der Waals surface area contributed by atoms with E-state index in [0.29, 0.717) is 29.9 Å². The highest BCUT2D eigenvalue weighted by atomic mass is 16.6. The Hall–Kier alpha value is -2.37. The topological polar surface area (TPSA) is 78.9 Å². The number of fused-ring (bicyclic) bond motifs is 6. The lowest BCUT2D eigenvalue weighted by Crippen LogP contribution is -2.58. The number of carbonyl (C=O) groups is 3. The zero-order valence-corrected chi connectivity index (χ0v) is 19.1. The molecule has 0 radical (unpaired) electrons. The van der Waals surface area contributed by atoms with Gasteiger partial charge in [0.2, 0.25) is 0 Å². The molecule has 4 aliphatic rings. The van der Waals surface area contributed by atoms with Gasteiger partial charge < -0.3 is 14.2 Å². The SMILES string of the molecule is CC(=O)Oc1ccc2c(c1)CC[C@@H]1[C@@H]2CC[C@@]2(C)[C@H]1C[C@@H](OC(C)=O)[C@@]21CCCC(=O)O1. The Kier molecular flexibility index (Phi) is 5.10. The molecule has 6 nitrogen and oxygen atoms in total. The molecule has 1 spiro atoms. The Balaban J connectivity index is 1.48. The molecular weight excluding hydrogens is 408 g/mol. The number of rotatable bonds is 2. The van der Waals surface area contributed by atoms with Crippen LogP contribution in [0.25, 0.3) is 0 Å². The number of carbonyl (C=O) groups excluding carboxylic acids is 3. The van der Waals surface area contributed by atoms with Crippen LogP contribution in [0.1, 0.15) is 82.8 Å². The van der Waals surface area contributed by atoms with Crippen LogP contribution in [0.4, 0.5) is 0 Å². The van der Waals surface area contributed by atoms with Crippen LogP contribution < -0.4 is 4.74 Å². The van der Waals surface area contributed by atoms with Gasteiger partial charge in [0.25, 0.3) is 0 Å². The van der Waals surface area contributed by atoms with E-state index < -0.39 is 5.60 Å². The van der Waals surface area contributed by atoms with Crippen molar-refractivity contribution in [3.8, 4) is 5.75 Å². The largest absolute Gasteiger partial charge is 0.458 e. The number of hydrogen-bond acceptors (Lipinski definition) is 6. The summed E-state index contributed by atoms with van der Waals surface area (Å²) >= 11 is 0. The Morgan fingerprint density at radius 2 is 1.91 bits per heavy atom. The zero-order chi connectivity index (χ0) is 22.7. The third kappa shape index (κ3) is 3.17. The summed E-state index contributed by atoms with van der Waals surface area (Å²) in [5, 5.41) is 0. The second-order valence-electron chi connectivity index (χ2n) is 10.4. The summed E-state index contributed by atoms with van der Waals surface area (Å²) in [5.74, 6) is 1.06. The molecule has 5 rings (SSSR count). The van der Waals surface area contributed by atoms with E-state index in [-0.39, 0.29) is 29.4 Å². The average molecular weight is 441 g/mol. The van der Waals surface area contributed by atoms with E-state index in [9.17, 15) is 14.4 Å². The maximum atomic E-state index is 12.4. The van der Waals surface area contributed by atoms with Crippen molar-refractivity contribution in [1.82, 2.24) is 0 Å². The maximum absolute atomic E-state index is 12.4. The van der Waals surface area contributed by atoms with E-state index >= 15 is 0 Å². The summed E-state index contributed by atoms with van der Waals surface area (Å²) in [5.41, 5.74) is 1.72. The minimum absolute atomic E-state index is 0.163. The van der Waals surface area contributed by atoms with Gasteiger partial charge in [-0.25, -0.2) is 0 Å². The zero-order valence-electron chi connectivity index (χ0n) is 19.1. The van der Waals surface area contributed by atoms with Crippen LogP contribution in [0.2, 0.25) is 0 Å². The highest BCUT2D eigenvalue weighted by Gasteiger charge is 2.70. The van der Waals surface area contributed by atoms with Crippen LogP contribution in [0.3, 0.4) is 0 Å². The highest BCUT2D eigenvalue weighted by molar-refractivity contribution is 5.72. The first kappa shape index (κ1) is 21.5. The van der Waals surface area contributed by atoms with Crippen molar-refractivity contribution in [2.45, 2.75) is 89.8 Å². The second-order valence-corrected chi connectivity index (χ2v) is 10.4. The molecule has 1 heterocycles. The number of hydrogen-bond donors (Lipinski definition) is 0. The van der Waals surface area contributed by atoms with E-state index in [1.165, 1.54) is 25.0 Å². The fourth-order valence-electron chi connectivity index (χ4n) is 7.63. The lowest BCUT2D eigenvalue weighted by Gasteiger charge is -2.55. The van der Waals surface area contributed by atoms with Gasteiger partial charge in [-0.15, -0.1) is 0 Å². The van der Waals surface area contributed by atoms with Gasteiger partial charge in [0, 0.05) is 25.7 Å².